The van der Waals surface area contributed by atoms with Gasteiger partial charge in [0.25, 0.3) is 0 Å². The molecular formula is C52H29N3O3. The van der Waals surface area contributed by atoms with Gasteiger partial charge in [-0.2, -0.15) is 0 Å². The molecule has 0 saturated heterocycles. The summed E-state index contributed by atoms with van der Waals surface area (Å²) in [6, 6.07) is 60.6. The van der Waals surface area contributed by atoms with Crippen molar-refractivity contribution in [3.05, 3.63) is 176 Å². The lowest BCUT2D eigenvalue weighted by atomic mass is 9.98. The van der Waals surface area contributed by atoms with Crippen molar-refractivity contribution in [3.8, 4) is 39.6 Å². The second-order valence-electron chi connectivity index (χ2n) is 14.9. The number of nitrogens with zero attached hydrogens (tertiary/aromatic N) is 3. The molecule has 0 aliphatic rings. The summed E-state index contributed by atoms with van der Waals surface area (Å²) in [7, 11) is 0. The molecule has 8 aromatic carbocycles. The maximum absolute atomic E-state index is 6.73. The SMILES string of the molecule is c1ccc(-n2c3ccccc3c3ccccc32)c(-c2nc(-c3ccc4c(c3)oc3ccccc34)cc(-c3cc4oc5ccccc5c4c4oc5ccccc5c34)n2)c1. The van der Waals surface area contributed by atoms with Gasteiger partial charge in [0.05, 0.1) is 33.5 Å². The second-order valence-corrected chi connectivity index (χ2v) is 14.9. The van der Waals surface area contributed by atoms with Gasteiger partial charge in [0.1, 0.15) is 33.5 Å². The van der Waals surface area contributed by atoms with Crippen LogP contribution < -0.4 is 0 Å². The van der Waals surface area contributed by atoms with Gasteiger partial charge in [-0.05, 0) is 66.7 Å². The van der Waals surface area contributed by atoms with Gasteiger partial charge >= 0.3 is 0 Å². The Balaban J connectivity index is 1.13. The maximum Gasteiger partial charge on any atom is 0.162 e. The van der Waals surface area contributed by atoms with E-state index in [1.54, 1.807) is 0 Å². The Hall–Kier alpha value is -7.96. The smallest absolute Gasteiger partial charge is 0.162 e. The van der Waals surface area contributed by atoms with E-state index in [9.17, 15) is 0 Å². The Labute approximate surface area is 329 Å². The zero-order valence-corrected chi connectivity index (χ0v) is 30.8. The fourth-order valence-corrected chi connectivity index (χ4v) is 9.07. The highest BCUT2D eigenvalue weighted by Gasteiger charge is 2.24. The Morgan fingerprint density at radius 2 is 0.914 bits per heavy atom. The van der Waals surface area contributed by atoms with Crippen molar-refractivity contribution in [1.29, 1.82) is 0 Å². The highest BCUT2D eigenvalue weighted by atomic mass is 16.3. The van der Waals surface area contributed by atoms with Crippen LogP contribution in [0.1, 0.15) is 0 Å². The van der Waals surface area contributed by atoms with Crippen molar-refractivity contribution in [3.63, 3.8) is 0 Å². The summed E-state index contributed by atoms with van der Waals surface area (Å²) in [5.74, 6) is 0.598. The zero-order chi connectivity index (χ0) is 37.9. The van der Waals surface area contributed by atoms with Crippen LogP contribution in [0.2, 0.25) is 0 Å². The number of hydrogen-bond acceptors (Lipinski definition) is 5. The Kier molecular flexibility index (Phi) is 6.35. The third kappa shape index (κ3) is 4.42. The highest BCUT2D eigenvalue weighted by molar-refractivity contribution is 6.26. The Bertz CT molecular complexity index is 3770. The van der Waals surface area contributed by atoms with E-state index in [0.717, 1.165) is 111 Å². The molecule has 0 amide bonds. The van der Waals surface area contributed by atoms with E-state index >= 15 is 0 Å². The molecule has 13 rings (SSSR count). The van der Waals surface area contributed by atoms with Crippen molar-refractivity contribution in [2.75, 3.05) is 0 Å². The van der Waals surface area contributed by atoms with Crippen molar-refractivity contribution in [2.45, 2.75) is 0 Å². The van der Waals surface area contributed by atoms with Gasteiger partial charge in [0, 0.05) is 54.4 Å². The average molecular weight is 744 g/mol. The molecule has 58 heavy (non-hydrogen) atoms. The topological polar surface area (TPSA) is 70.1 Å². The van der Waals surface area contributed by atoms with Crippen molar-refractivity contribution < 1.29 is 13.3 Å². The van der Waals surface area contributed by atoms with Crippen LogP contribution in [0.5, 0.6) is 0 Å². The first kappa shape index (κ1) is 31.3. The minimum Gasteiger partial charge on any atom is -0.456 e. The summed E-state index contributed by atoms with van der Waals surface area (Å²) < 4.78 is 22.0. The molecule has 0 fully saturated rings. The summed E-state index contributed by atoms with van der Waals surface area (Å²) in [5.41, 5.74) is 12.2. The van der Waals surface area contributed by atoms with Crippen LogP contribution in [-0.4, -0.2) is 14.5 Å². The number of hydrogen-bond donors (Lipinski definition) is 0. The lowest BCUT2D eigenvalue weighted by Gasteiger charge is -2.15. The van der Waals surface area contributed by atoms with Crippen LogP contribution in [-0.2, 0) is 0 Å². The standard InChI is InChI=1S/C52H29N3O3/c1-7-19-41-31(13-1)32-14-2-8-20-42(32)55(41)43-21-9-3-16-35(43)52-53-39(30-25-26-34-33-15-4-10-22-44(33)56-47(34)27-30)29-40(54-52)38-28-48-50(37-18-6-11-23-45(37)57-48)51-49(38)36-17-5-12-24-46(36)58-51/h1-29H. The molecule has 0 radical (unpaired) electrons. The lowest BCUT2D eigenvalue weighted by Crippen LogP contribution is -2.01. The van der Waals surface area contributed by atoms with Gasteiger partial charge in [-0.15, -0.1) is 0 Å². The third-order valence-electron chi connectivity index (χ3n) is 11.6. The van der Waals surface area contributed by atoms with Gasteiger partial charge in [0.2, 0.25) is 0 Å². The minimum atomic E-state index is 0.598. The zero-order valence-electron chi connectivity index (χ0n) is 30.8. The van der Waals surface area contributed by atoms with E-state index < -0.39 is 0 Å². The first-order chi connectivity index (χ1) is 28.7. The van der Waals surface area contributed by atoms with E-state index in [0.29, 0.717) is 5.82 Å². The van der Waals surface area contributed by atoms with E-state index in [-0.39, 0.29) is 0 Å². The first-order valence-corrected chi connectivity index (χ1v) is 19.4. The molecule has 13 aromatic rings. The normalized spacial score (nSPS) is 12.1. The maximum atomic E-state index is 6.73. The minimum absolute atomic E-state index is 0.598. The monoisotopic (exact) mass is 743 g/mol. The molecule has 0 unspecified atom stereocenters. The van der Waals surface area contributed by atoms with Gasteiger partial charge < -0.3 is 17.8 Å². The Morgan fingerprint density at radius 1 is 0.362 bits per heavy atom. The van der Waals surface area contributed by atoms with Crippen LogP contribution in [0.4, 0.5) is 0 Å². The highest BCUT2D eigenvalue weighted by Crippen LogP contribution is 2.45. The summed E-state index contributed by atoms with van der Waals surface area (Å²) in [6.07, 6.45) is 0. The van der Waals surface area contributed by atoms with Crippen LogP contribution in [0, 0.1) is 0 Å². The third-order valence-corrected chi connectivity index (χ3v) is 11.6. The molecule has 0 atom stereocenters. The number of fused-ring (bicyclic) bond motifs is 13. The van der Waals surface area contributed by atoms with Gasteiger partial charge in [-0.25, -0.2) is 9.97 Å². The van der Waals surface area contributed by atoms with Crippen LogP contribution in [0.15, 0.2) is 189 Å². The Morgan fingerprint density at radius 3 is 1.67 bits per heavy atom. The van der Waals surface area contributed by atoms with E-state index in [1.807, 2.05) is 48.5 Å². The van der Waals surface area contributed by atoms with Gasteiger partial charge in [-0.3, -0.25) is 0 Å². The van der Waals surface area contributed by atoms with Crippen LogP contribution in [0.3, 0.4) is 0 Å². The van der Waals surface area contributed by atoms with Crippen LogP contribution in [0.25, 0.3) is 127 Å². The first-order valence-electron chi connectivity index (χ1n) is 19.4. The molecule has 0 aliphatic heterocycles. The number of rotatable bonds is 4. The molecular weight excluding hydrogens is 715 g/mol. The quantitative estimate of drug-likeness (QED) is 0.179. The molecule has 270 valence electrons. The predicted octanol–water partition coefficient (Wildman–Crippen LogP) is 14.3. The number of benzene rings is 8. The number of para-hydroxylation sites is 6. The molecule has 0 saturated carbocycles. The molecule has 6 nitrogen and oxygen atoms in total. The van der Waals surface area contributed by atoms with Crippen molar-refractivity contribution in [2.24, 2.45) is 0 Å². The van der Waals surface area contributed by atoms with E-state index in [4.69, 9.17) is 23.2 Å². The van der Waals surface area contributed by atoms with Gasteiger partial charge in [0.15, 0.2) is 5.82 Å². The summed E-state index contributed by atoms with van der Waals surface area (Å²) in [5, 5.41) is 8.48. The van der Waals surface area contributed by atoms with Crippen LogP contribution >= 0.6 is 0 Å². The van der Waals surface area contributed by atoms with Gasteiger partial charge in [-0.1, -0.05) is 109 Å². The predicted molar refractivity (Wildman–Crippen MR) is 235 cm³/mol. The number of aromatic nitrogens is 3. The second kappa shape index (κ2) is 11.8. The molecule has 6 heteroatoms. The fourth-order valence-electron chi connectivity index (χ4n) is 9.07. The molecule has 0 bridgehead atoms. The van der Waals surface area contributed by atoms with Crippen molar-refractivity contribution >= 4 is 87.6 Å². The fraction of sp³-hybridized carbons (Fsp3) is 0. The van der Waals surface area contributed by atoms with E-state index in [1.165, 1.54) is 10.8 Å². The van der Waals surface area contributed by atoms with E-state index in [2.05, 4.69) is 132 Å². The number of furan rings is 3. The molecule has 0 spiro atoms. The summed E-state index contributed by atoms with van der Waals surface area (Å²) in [4.78, 5) is 10.9. The molecule has 5 heterocycles. The largest absolute Gasteiger partial charge is 0.456 e. The molecule has 0 N–H and O–H groups in total. The summed E-state index contributed by atoms with van der Waals surface area (Å²) >= 11 is 0. The average Bonchev–Trinajstić information content (AvgIpc) is 4.04. The lowest BCUT2D eigenvalue weighted by molar-refractivity contribution is 0.663. The summed E-state index contributed by atoms with van der Waals surface area (Å²) in [6.45, 7) is 0. The molecule has 5 aromatic heterocycles. The van der Waals surface area contributed by atoms with Crippen molar-refractivity contribution in [1.82, 2.24) is 14.5 Å². The molecule has 0 aliphatic carbocycles.